The zero-order valence-electron chi connectivity index (χ0n) is 32.0. The molecule has 0 aliphatic rings. The van der Waals surface area contributed by atoms with Crippen molar-refractivity contribution in [2.24, 2.45) is 0 Å². The number of para-hydroxylation sites is 2. The maximum Gasteiger partial charge on any atom is 0.0971 e. The molecule has 59 heavy (non-hydrogen) atoms. The molecule has 0 atom stereocenters. The Bertz CT molecular complexity index is 3570. The lowest BCUT2D eigenvalue weighted by Crippen LogP contribution is -1.93. The van der Waals surface area contributed by atoms with Gasteiger partial charge in [0.15, 0.2) is 0 Å². The second kappa shape index (κ2) is 13.4. The summed E-state index contributed by atoms with van der Waals surface area (Å²) in [5.74, 6) is 0. The number of hydrogen-bond donors (Lipinski definition) is 0. The van der Waals surface area contributed by atoms with Gasteiger partial charge in [-0.15, -0.1) is 0 Å². The minimum atomic E-state index is 0.934. The van der Waals surface area contributed by atoms with Gasteiger partial charge in [-0.25, -0.2) is 0 Å². The van der Waals surface area contributed by atoms with Crippen molar-refractivity contribution in [2.45, 2.75) is 0 Å². The van der Waals surface area contributed by atoms with Crippen molar-refractivity contribution >= 4 is 65.2 Å². The minimum absolute atomic E-state index is 0.934. The van der Waals surface area contributed by atoms with Gasteiger partial charge in [0, 0.05) is 39.6 Å². The summed E-state index contributed by atoms with van der Waals surface area (Å²) in [4.78, 5) is 9.54. The molecule has 0 saturated carbocycles. The Morgan fingerprint density at radius 2 is 0.780 bits per heavy atom. The first kappa shape index (κ1) is 33.3. The monoisotopic (exact) mass is 749 g/mol. The van der Waals surface area contributed by atoms with Gasteiger partial charge in [0.1, 0.15) is 0 Å². The average Bonchev–Trinajstić information content (AvgIpc) is 3.65. The fourth-order valence-corrected chi connectivity index (χ4v) is 9.33. The number of benzene rings is 10. The van der Waals surface area contributed by atoms with Crippen LogP contribution < -0.4 is 0 Å². The summed E-state index contributed by atoms with van der Waals surface area (Å²) in [6.07, 6.45) is 3.57. The second-order valence-electron chi connectivity index (χ2n) is 15.3. The Balaban J connectivity index is 0.901. The van der Waals surface area contributed by atoms with E-state index in [0.717, 1.165) is 27.4 Å². The minimum Gasteiger partial charge on any atom is -0.309 e. The van der Waals surface area contributed by atoms with E-state index in [-0.39, 0.29) is 0 Å². The molecule has 0 unspecified atom stereocenters. The van der Waals surface area contributed by atoms with Crippen LogP contribution in [0.2, 0.25) is 0 Å². The van der Waals surface area contributed by atoms with Crippen LogP contribution in [0.5, 0.6) is 0 Å². The van der Waals surface area contributed by atoms with Crippen molar-refractivity contribution in [3.63, 3.8) is 0 Å². The highest BCUT2D eigenvalue weighted by molar-refractivity contribution is 6.23. The van der Waals surface area contributed by atoms with E-state index in [1.165, 1.54) is 88.0 Å². The third kappa shape index (κ3) is 5.36. The molecule has 3 heteroatoms. The summed E-state index contributed by atoms with van der Waals surface area (Å²) in [6.45, 7) is 0. The Morgan fingerprint density at radius 1 is 0.271 bits per heavy atom. The zero-order valence-corrected chi connectivity index (χ0v) is 32.0. The largest absolute Gasteiger partial charge is 0.309 e. The number of fused-ring (bicyclic) bond motifs is 10. The first-order valence-electron chi connectivity index (χ1n) is 20.1. The van der Waals surface area contributed by atoms with Gasteiger partial charge in [0.2, 0.25) is 0 Å². The van der Waals surface area contributed by atoms with Crippen LogP contribution in [-0.2, 0) is 0 Å². The molecule has 2 aromatic heterocycles. The summed E-state index contributed by atoms with van der Waals surface area (Å²) in [5.41, 5.74) is 15.0. The van der Waals surface area contributed by atoms with Gasteiger partial charge < -0.3 is 4.57 Å². The molecule has 274 valence electrons. The van der Waals surface area contributed by atoms with Crippen LogP contribution in [-0.4, -0.2) is 14.5 Å². The van der Waals surface area contributed by atoms with Gasteiger partial charge in [-0.2, -0.15) is 0 Å². The molecule has 2 heterocycles. The standard InChI is InChI=1S/C56H35N3/c1-2-13-42(14-3-1)59-53-20-9-8-18-49(53)51-35-41(26-30-54(51)59)44-29-28-43(45-15-4-5-16-46(44)45)37-23-21-36(22-24-37)38-11-10-12-39(33-38)40-25-27-48-47-17-6-7-19-50(47)55-56(52(48)34-40)58-32-31-57-55/h1-35H. The Morgan fingerprint density at radius 3 is 1.54 bits per heavy atom. The van der Waals surface area contributed by atoms with Crippen molar-refractivity contribution in [3.05, 3.63) is 213 Å². The lowest BCUT2D eigenvalue weighted by molar-refractivity contribution is 1.18. The van der Waals surface area contributed by atoms with Crippen molar-refractivity contribution in [1.82, 2.24) is 14.5 Å². The fourth-order valence-electron chi connectivity index (χ4n) is 9.33. The fraction of sp³-hybridized carbons (Fsp3) is 0. The van der Waals surface area contributed by atoms with Gasteiger partial charge >= 0.3 is 0 Å². The van der Waals surface area contributed by atoms with Crippen LogP contribution in [0.25, 0.3) is 115 Å². The van der Waals surface area contributed by atoms with E-state index in [1.807, 2.05) is 0 Å². The third-order valence-corrected chi connectivity index (χ3v) is 12.1. The van der Waals surface area contributed by atoms with Crippen LogP contribution in [0.15, 0.2) is 213 Å². The molecule has 3 nitrogen and oxygen atoms in total. The van der Waals surface area contributed by atoms with Crippen molar-refractivity contribution in [2.75, 3.05) is 0 Å². The van der Waals surface area contributed by atoms with E-state index < -0.39 is 0 Å². The molecule has 0 saturated heterocycles. The molecule has 0 spiro atoms. The van der Waals surface area contributed by atoms with E-state index in [0.29, 0.717) is 0 Å². The van der Waals surface area contributed by atoms with Gasteiger partial charge in [-0.1, -0.05) is 158 Å². The van der Waals surface area contributed by atoms with E-state index >= 15 is 0 Å². The average molecular weight is 750 g/mol. The number of aromatic nitrogens is 3. The van der Waals surface area contributed by atoms with Crippen molar-refractivity contribution in [1.29, 1.82) is 0 Å². The summed E-state index contributed by atoms with van der Waals surface area (Å²) in [7, 11) is 0. The smallest absolute Gasteiger partial charge is 0.0971 e. The van der Waals surface area contributed by atoms with Gasteiger partial charge in [0.05, 0.1) is 22.1 Å². The molecule has 0 N–H and O–H groups in total. The van der Waals surface area contributed by atoms with Crippen LogP contribution in [0.1, 0.15) is 0 Å². The normalized spacial score (nSPS) is 11.7. The first-order chi connectivity index (χ1) is 29.3. The third-order valence-electron chi connectivity index (χ3n) is 12.1. The molecule has 0 aliphatic carbocycles. The SMILES string of the molecule is c1ccc(-n2c3ccccc3c3cc(-c4ccc(-c5ccc(-c6cccc(-c7ccc8c9ccccc9c9nccnc9c8c7)c6)cc5)c5ccccc45)ccc32)cc1. The maximum absolute atomic E-state index is 4.80. The van der Waals surface area contributed by atoms with Gasteiger partial charge in [-0.3, -0.25) is 9.97 Å². The van der Waals surface area contributed by atoms with E-state index in [2.05, 4.69) is 205 Å². The molecule has 0 bridgehead atoms. The molecule has 12 aromatic rings. The maximum atomic E-state index is 4.80. The molecule has 10 aromatic carbocycles. The summed E-state index contributed by atoms with van der Waals surface area (Å²) in [5, 5.41) is 9.64. The summed E-state index contributed by atoms with van der Waals surface area (Å²) < 4.78 is 2.37. The molecule has 0 fully saturated rings. The molecule has 0 amide bonds. The van der Waals surface area contributed by atoms with E-state index in [9.17, 15) is 0 Å². The van der Waals surface area contributed by atoms with E-state index in [4.69, 9.17) is 9.97 Å². The number of nitrogens with zero attached hydrogens (tertiary/aromatic N) is 3. The molecule has 12 rings (SSSR count). The van der Waals surface area contributed by atoms with E-state index in [1.54, 1.807) is 12.4 Å². The van der Waals surface area contributed by atoms with Crippen molar-refractivity contribution < 1.29 is 0 Å². The topological polar surface area (TPSA) is 30.7 Å². The quantitative estimate of drug-likeness (QED) is 0.164. The Kier molecular flexibility index (Phi) is 7.54. The second-order valence-corrected chi connectivity index (χ2v) is 15.3. The predicted molar refractivity (Wildman–Crippen MR) is 248 cm³/mol. The molecular formula is C56H35N3. The molecule has 0 radical (unpaired) electrons. The summed E-state index contributed by atoms with van der Waals surface area (Å²) in [6, 6.07) is 72.8. The van der Waals surface area contributed by atoms with Crippen LogP contribution in [0, 0.1) is 0 Å². The van der Waals surface area contributed by atoms with Gasteiger partial charge in [0.25, 0.3) is 0 Å². The first-order valence-corrected chi connectivity index (χ1v) is 20.1. The van der Waals surface area contributed by atoms with Gasteiger partial charge in [-0.05, 0) is 109 Å². The Labute approximate surface area is 341 Å². The lowest BCUT2D eigenvalue weighted by Gasteiger charge is -2.14. The number of rotatable bonds is 5. The lowest BCUT2D eigenvalue weighted by atomic mass is 9.90. The number of hydrogen-bond acceptors (Lipinski definition) is 2. The highest BCUT2D eigenvalue weighted by Crippen LogP contribution is 2.41. The highest BCUT2D eigenvalue weighted by atomic mass is 15.0. The van der Waals surface area contributed by atoms with Crippen molar-refractivity contribution in [3.8, 4) is 50.2 Å². The van der Waals surface area contributed by atoms with Crippen LogP contribution in [0.3, 0.4) is 0 Å². The zero-order chi connectivity index (χ0) is 38.9. The summed E-state index contributed by atoms with van der Waals surface area (Å²) >= 11 is 0. The van der Waals surface area contributed by atoms with Crippen LogP contribution >= 0.6 is 0 Å². The highest BCUT2D eigenvalue weighted by Gasteiger charge is 2.16. The molecular weight excluding hydrogens is 715 g/mol. The van der Waals surface area contributed by atoms with Crippen LogP contribution in [0.4, 0.5) is 0 Å². The Hall–Kier alpha value is -7.88. The molecule has 0 aliphatic heterocycles. The predicted octanol–water partition coefficient (Wildman–Crippen LogP) is 14.9.